The number of anilines is 2. The Morgan fingerprint density at radius 1 is 0.944 bits per heavy atom. The molecule has 0 heterocycles. The molecule has 36 heavy (non-hydrogen) atoms. The van der Waals surface area contributed by atoms with Crippen LogP contribution in [0.15, 0.2) is 77.3 Å². The molecule has 0 spiro atoms. The van der Waals surface area contributed by atoms with E-state index in [0.717, 1.165) is 16.5 Å². The molecule has 2 amide bonds. The number of halogens is 1. The third kappa shape index (κ3) is 9.09. The standard InChI is InChI=1S/C28H30BrN3O3S/c1-19(2)16-17-35-25-14-9-21(29)18-24(25)27(34)32-28(36)31-23-12-10-22(11-13-23)30-26(33)15-8-20-6-4-3-5-7-20/h3-7,9-14,18-19H,8,15-17H2,1-2H3,(H,30,33)(H2,31,32,34,36). The number of carbonyl (C=O) groups excluding carboxylic acids is 2. The summed E-state index contributed by atoms with van der Waals surface area (Å²) in [5.74, 6) is 0.591. The molecule has 3 aromatic carbocycles. The third-order valence-corrected chi connectivity index (χ3v) is 5.97. The molecule has 0 aliphatic carbocycles. The van der Waals surface area contributed by atoms with Crippen molar-refractivity contribution in [2.45, 2.75) is 33.1 Å². The summed E-state index contributed by atoms with van der Waals surface area (Å²) in [6.45, 7) is 4.77. The van der Waals surface area contributed by atoms with Crippen molar-refractivity contribution in [3.05, 3.63) is 88.4 Å². The van der Waals surface area contributed by atoms with Gasteiger partial charge in [-0.05, 0) is 79.0 Å². The Kier molecular flexibility index (Phi) is 10.5. The van der Waals surface area contributed by atoms with Crippen LogP contribution in [-0.2, 0) is 11.2 Å². The lowest BCUT2D eigenvalue weighted by Gasteiger charge is -2.14. The number of ether oxygens (including phenoxy) is 1. The van der Waals surface area contributed by atoms with E-state index >= 15 is 0 Å². The van der Waals surface area contributed by atoms with Gasteiger partial charge in [0, 0.05) is 22.3 Å². The van der Waals surface area contributed by atoms with Crippen molar-refractivity contribution in [2.24, 2.45) is 5.92 Å². The van der Waals surface area contributed by atoms with Crippen LogP contribution in [0.2, 0.25) is 0 Å². The third-order valence-electron chi connectivity index (χ3n) is 5.28. The van der Waals surface area contributed by atoms with Crippen LogP contribution < -0.4 is 20.7 Å². The maximum absolute atomic E-state index is 12.9. The van der Waals surface area contributed by atoms with Gasteiger partial charge in [0.1, 0.15) is 5.75 Å². The summed E-state index contributed by atoms with van der Waals surface area (Å²) < 4.78 is 6.60. The molecule has 3 rings (SSSR count). The first kappa shape index (κ1) is 27.4. The van der Waals surface area contributed by atoms with Gasteiger partial charge in [-0.1, -0.05) is 60.1 Å². The molecule has 0 aliphatic rings. The molecule has 3 N–H and O–H groups in total. The monoisotopic (exact) mass is 567 g/mol. The lowest BCUT2D eigenvalue weighted by atomic mass is 10.1. The van der Waals surface area contributed by atoms with Gasteiger partial charge in [0.05, 0.1) is 12.2 Å². The van der Waals surface area contributed by atoms with Crippen molar-refractivity contribution >= 4 is 56.4 Å². The van der Waals surface area contributed by atoms with E-state index in [1.807, 2.05) is 36.4 Å². The zero-order valence-electron chi connectivity index (χ0n) is 20.3. The minimum atomic E-state index is -0.365. The van der Waals surface area contributed by atoms with Gasteiger partial charge in [0.2, 0.25) is 5.91 Å². The Morgan fingerprint density at radius 3 is 2.28 bits per heavy atom. The van der Waals surface area contributed by atoms with Crippen LogP contribution in [0.3, 0.4) is 0 Å². The molecule has 8 heteroatoms. The lowest BCUT2D eigenvalue weighted by Crippen LogP contribution is -2.34. The number of hydrogen-bond acceptors (Lipinski definition) is 4. The van der Waals surface area contributed by atoms with Crippen molar-refractivity contribution in [1.82, 2.24) is 5.32 Å². The Bertz CT molecular complexity index is 1180. The van der Waals surface area contributed by atoms with E-state index in [0.29, 0.717) is 48.1 Å². The van der Waals surface area contributed by atoms with Crippen LogP contribution in [0.5, 0.6) is 5.75 Å². The van der Waals surface area contributed by atoms with E-state index in [9.17, 15) is 9.59 Å². The molecule has 0 saturated carbocycles. The summed E-state index contributed by atoms with van der Waals surface area (Å²) in [6, 6.07) is 22.3. The van der Waals surface area contributed by atoms with E-state index in [1.54, 1.807) is 36.4 Å². The summed E-state index contributed by atoms with van der Waals surface area (Å²) in [4.78, 5) is 25.1. The van der Waals surface area contributed by atoms with Gasteiger partial charge in [0.15, 0.2) is 5.11 Å². The number of aryl methyl sites for hydroxylation is 1. The summed E-state index contributed by atoms with van der Waals surface area (Å²) >= 11 is 8.74. The average molecular weight is 569 g/mol. The highest BCUT2D eigenvalue weighted by Crippen LogP contribution is 2.24. The molecule has 0 atom stereocenters. The molecule has 3 aromatic rings. The zero-order valence-corrected chi connectivity index (χ0v) is 22.7. The van der Waals surface area contributed by atoms with Crippen molar-refractivity contribution in [3.8, 4) is 5.75 Å². The Hall–Kier alpha value is -3.23. The van der Waals surface area contributed by atoms with Gasteiger partial charge >= 0.3 is 0 Å². The van der Waals surface area contributed by atoms with E-state index in [-0.39, 0.29) is 16.9 Å². The van der Waals surface area contributed by atoms with E-state index in [2.05, 4.69) is 45.7 Å². The summed E-state index contributed by atoms with van der Waals surface area (Å²) in [6.07, 6.45) is 1.97. The predicted molar refractivity (Wildman–Crippen MR) is 153 cm³/mol. The molecule has 6 nitrogen and oxygen atoms in total. The molecule has 0 aromatic heterocycles. The number of rotatable bonds is 10. The van der Waals surface area contributed by atoms with Crippen molar-refractivity contribution in [1.29, 1.82) is 0 Å². The Labute approximate surface area is 226 Å². The number of carbonyl (C=O) groups is 2. The second-order valence-corrected chi connectivity index (χ2v) is 10.0. The fourth-order valence-corrected chi connectivity index (χ4v) is 3.88. The van der Waals surface area contributed by atoms with E-state index in [1.165, 1.54) is 0 Å². The smallest absolute Gasteiger partial charge is 0.261 e. The number of thiocarbonyl (C=S) groups is 1. The van der Waals surface area contributed by atoms with E-state index in [4.69, 9.17) is 17.0 Å². The van der Waals surface area contributed by atoms with Crippen LogP contribution in [0.1, 0.15) is 42.6 Å². The number of hydrogen-bond donors (Lipinski definition) is 3. The fourth-order valence-electron chi connectivity index (χ4n) is 3.31. The summed E-state index contributed by atoms with van der Waals surface area (Å²) in [7, 11) is 0. The normalized spacial score (nSPS) is 10.6. The largest absolute Gasteiger partial charge is 0.493 e. The number of nitrogens with one attached hydrogen (secondary N) is 3. The molecule has 0 radical (unpaired) electrons. The van der Waals surface area contributed by atoms with E-state index < -0.39 is 0 Å². The van der Waals surface area contributed by atoms with Gasteiger partial charge < -0.3 is 15.4 Å². The first-order chi connectivity index (χ1) is 17.3. The van der Waals surface area contributed by atoms with Crippen LogP contribution in [-0.4, -0.2) is 23.5 Å². The molecule has 0 bridgehead atoms. The van der Waals surface area contributed by atoms with Crippen molar-refractivity contribution in [3.63, 3.8) is 0 Å². The second kappa shape index (κ2) is 13.8. The van der Waals surface area contributed by atoms with Gasteiger partial charge in [-0.2, -0.15) is 0 Å². The first-order valence-corrected chi connectivity index (χ1v) is 13.0. The van der Waals surface area contributed by atoms with Gasteiger partial charge in [-0.3, -0.25) is 14.9 Å². The minimum absolute atomic E-state index is 0.0530. The SMILES string of the molecule is CC(C)CCOc1ccc(Br)cc1C(=O)NC(=S)Nc1ccc(NC(=O)CCc2ccccc2)cc1. The maximum atomic E-state index is 12.9. The highest BCUT2D eigenvalue weighted by molar-refractivity contribution is 9.10. The predicted octanol–water partition coefficient (Wildman–Crippen LogP) is 6.57. The zero-order chi connectivity index (χ0) is 25.9. The molecule has 0 fully saturated rings. The van der Waals surface area contributed by atoms with Crippen molar-refractivity contribution < 1.29 is 14.3 Å². The van der Waals surface area contributed by atoms with Crippen LogP contribution in [0.25, 0.3) is 0 Å². The average Bonchev–Trinajstić information content (AvgIpc) is 2.85. The van der Waals surface area contributed by atoms with Gasteiger partial charge in [-0.25, -0.2) is 0 Å². The minimum Gasteiger partial charge on any atom is -0.493 e. The Morgan fingerprint density at radius 2 is 1.61 bits per heavy atom. The van der Waals surface area contributed by atoms with Crippen LogP contribution >= 0.6 is 28.1 Å². The maximum Gasteiger partial charge on any atom is 0.261 e. The highest BCUT2D eigenvalue weighted by atomic mass is 79.9. The molecular weight excluding hydrogens is 538 g/mol. The summed E-state index contributed by atoms with van der Waals surface area (Å²) in [5.41, 5.74) is 2.89. The topological polar surface area (TPSA) is 79.5 Å². The van der Waals surface area contributed by atoms with Crippen molar-refractivity contribution in [2.75, 3.05) is 17.2 Å². The summed E-state index contributed by atoms with van der Waals surface area (Å²) in [5, 5.41) is 8.75. The highest BCUT2D eigenvalue weighted by Gasteiger charge is 2.15. The number of amides is 2. The van der Waals surface area contributed by atoms with Crippen LogP contribution in [0.4, 0.5) is 11.4 Å². The van der Waals surface area contributed by atoms with Gasteiger partial charge in [0.25, 0.3) is 5.91 Å². The molecular formula is C28H30BrN3O3S. The fraction of sp³-hybridized carbons (Fsp3) is 0.250. The Balaban J connectivity index is 1.51. The quantitative estimate of drug-likeness (QED) is 0.241. The lowest BCUT2D eigenvalue weighted by molar-refractivity contribution is -0.116. The van der Waals surface area contributed by atoms with Crippen LogP contribution in [0, 0.1) is 5.92 Å². The molecule has 0 unspecified atom stereocenters. The second-order valence-electron chi connectivity index (χ2n) is 8.69. The molecule has 0 aliphatic heterocycles. The molecule has 0 saturated heterocycles. The number of benzene rings is 3. The first-order valence-electron chi connectivity index (χ1n) is 11.8. The van der Waals surface area contributed by atoms with Gasteiger partial charge in [-0.15, -0.1) is 0 Å². The molecule has 188 valence electrons.